The Balaban J connectivity index is 1.83. The monoisotopic (exact) mass is 391 g/mol. The number of carbonyl (C=O) groups excluding carboxylic acids is 2. The smallest absolute Gasteiger partial charge is 0.228 e. The van der Waals surface area contributed by atoms with Crippen LogP contribution in [0.5, 0.6) is 0 Å². The molecule has 0 saturated carbocycles. The molecule has 3 rings (SSSR count). The lowest BCUT2D eigenvalue weighted by atomic mass is 9.95. The van der Waals surface area contributed by atoms with Crippen LogP contribution in [0.15, 0.2) is 61.4 Å². The molecule has 29 heavy (non-hydrogen) atoms. The molecule has 1 fully saturated rings. The molecule has 1 aliphatic rings. The second-order valence-corrected chi connectivity index (χ2v) is 7.51. The minimum absolute atomic E-state index is 0.100. The van der Waals surface area contributed by atoms with E-state index in [0.717, 1.165) is 23.1 Å². The first-order chi connectivity index (χ1) is 14.1. The molecular weight excluding hydrogens is 362 g/mol. The highest BCUT2D eigenvalue weighted by Crippen LogP contribution is 2.23. The molecule has 0 aliphatic carbocycles. The summed E-state index contributed by atoms with van der Waals surface area (Å²) in [5.41, 5.74) is 3.22. The van der Waals surface area contributed by atoms with Crippen molar-refractivity contribution in [3.05, 3.63) is 67.0 Å². The van der Waals surface area contributed by atoms with Crippen molar-refractivity contribution >= 4 is 11.8 Å². The van der Waals surface area contributed by atoms with E-state index in [2.05, 4.69) is 23.7 Å². The maximum Gasteiger partial charge on any atom is 0.228 e. The van der Waals surface area contributed by atoms with Gasteiger partial charge in [0.25, 0.3) is 0 Å². The third-order valence-electron chi connectivity index (χ3n) is 5.31. The highest BCUT2D eigenvalue weighted by molar-refractivity contribution is 5.82. The standard InChI is InChI=1S/C24H29N3O2/c1-3-7-23(28)27-14-13-26(12-4-2)24(29)22(18-27)16-19-8-5-9-20(15-19)21-10-6-11-25-17-21/h4-6,8-11,15,17,22H,2-3,7,12-14,16,18H2,1H3/t22-/m1/s1. The van der Waals surface area contributed by atoms with Crippen molar-refractivity contribution in [2.45, 2.75) is 26.2 Å². The second-order valence-electron chi connectivity index (χ2n) is 7.51. The number of nitrogens with zero attached hydrogens (tertiary/aromatic N) is 3. The quantitative estimate of drug-likeness (QED) is 0.678. The molecule has 2 aromatic rings. The lowest BCUT2D eigenvalue weighted by Crippen LogP contribution is -2.38. The zero-order valence-electron chi connectivity index (χ0n) is 17.1. The highest BCUT2D eigenvalue weighted by Gasteiger charge is 2.31. The molecule has 2 amide bonds. The molecule has 0 bridgehead atoms. The minimum atomic E-state index is -0.248. The van der Waals surface area contributed by atoms with Gasteiger partial charge in [-0.1, -0.05) is 43.3 Å². The summed E-state index contributed by atoms with van der Waals surface area (Å²) in [4.78, 5) is 33.6. The van der Waals surface area contributed by atoms with Gasteiger partial charge in [-0.2, -0.15) is 0 Å². The summed E-state index contributed by atoms with van der Waals surface area (Å²) in [6.45, 7) is 7.92. The summed E-state index contributed by atoms with van der Waals surface area (Å²) < 4.78 is 0. The van der Waals surface area contributed by atoms with Gasteiger partial charge >= 0.3 is 0 Å². The molecule has 0 radical (unpaired) electrons. The second kappa shape index (κ2) is 10.0. The minimum Gasteiger partial charge on any atom is -0.340 e. The molecule has 1 atom stereocenters. The number of hydrogen-bond acceptors (Lipinski definition) is 3. The number of aromatic nitrogens is 1. The largest absolute Gasteiger partial charge is 0.340 e. The van der Waals surface area contributed by atoms with Gasteiger partial charge in [0, 0.05) is 45.0 Å². The van der Waals surface area contributed by atoms with E-state index < -0.39 is 0 Å². The predicted octanol–water partition coefficient (Wildman–Crippen LogP) is 3.56. The van der Waals surface area contributed by atoms with Crippen molar-refractivity contribution in [3.8, 4) is 11.1 Å². The van der Waals surface area contributed by atoms with Crippen molar-refractivity contribution in [2.75, 3.05) is 26.2 Å². The Morgan fingerprint density at radius 2 is 2.07 bits per heavy atom. The van der Waals surface area contributed by atoms with Crippen molar-refractivity contribution in [2.24, 2.45) is 5.92 Å². The SMILES string of the molecule is C=CCN1CCN(C(=O)CCC)C[C@@H](Cc2cccc(-c3cccnc3)c2)C1=O. The number of hydrogen-bond donors (Lipinski definition) is 0. The van der Waals surface area contributed by atoms with Crippen LogP contribution in [0, 0.1) is 5.92 Å². The summed E-state index contributed by atoms with van der Waals surface area (Å²) in [6.07, 6.45) is 7.30. The third-order valence-corrected chi connectivity index (χ3v) is 5.31. The first-order valence-electron chi connectivity index (χ1n) is 10.3. The normalized spacial score (nSPS) is 17.1. The van der Waals surface area contributed by atoms with E-state index in [-0.39, 0.29) is 17.7 Å². The molecule has 1 aliphatic heterocycles. The lowest BCUT2D eigenvalue weighted by Gasteiger charge is -2.23. The summed E-state index contributed by atoms with van der Waals surface area (Å²) in [5, 5.41) is 0. The molecule has 1 aromatic carbocycles. The van der Waals surface area contributed by atoms with Crippen LogP contribution in [0.25, 0.3) is 11.1 Å². The molecule has 0 N–H and O–H groups in total. The number of pyridine rings is 1. The Bertz CT molecular complexity index is 850. The van der Waals surface area contributed by atoms with Crippen molar-refractivity contribution < 1.29 is 9.59 Å². The van der Waals surface area contributed by atoms with Gasteiger partial charge in [0.2, 0.25) is 11.8 Å². The molecule has 0 spiro atoms. The zero-order valence-corrected chi connectivity index (χ0v) is 17.1. The lowest BCUT2D eigenvalue weighted by molar-refractivity contribution is -0.134. The van der Waals surface area contributed by atoms with Gasteiger partial charge in [-0.15, -0.1) is 6.58 Å². The topological polar surface area (TPSA) is 53.5 Å². The molecule has 1 saturated heterocycles. The van der Waals surface area contributed by atoms with Crippen LogP contribution in [0.2, 0.25) is 0 Å². The van der Waals surface area contributed by atoms with Gasteiger partial charge in [0.15, 0.2) is 0 Å². The summed E-state index contributed by atoms with van der Waals surface area (Å²) in [5.74, 6) is -0.0132. The average Bonchev–Trinajstić information content (AvgIpc) is 2.89. The Labute approximate surface area is 173 Å². The van der Waals surface area contributed by atoms with Crippen molar-refractivity contribution in [3.63, 3.8) is 0 Å². The Morgan fingerprint density at radius 3 is 2.79 bits per heavy atom. The molecular formula is C24H29N3O2. The van der Waals surface area contributed by atoms with Crippen LogP contribution >= 0.6 is 0 Å². The number of amides is 2. The fourth-order valence-corrected chi connectivity index (χ4v) is 3.83. The predicted molar refractivity (Wildman–Crippen MR) is 115 cm³/mol. The van der Waals surface area contributed by atoms with Gasteiger partial charge in [-0.25, -0.2) is 0 Å². The van der Waals surface area contributed by atoms with Crippen LogP contribution in [-0.2, 0) is 16.0 Å². The van der Waals surface area contributed by atoms with Gasteiger partial charge in [0.1, 0.15) is 0 Å². The van der Waals surface area contributed by atoms with Gasteiger partial charge in [-0.05, 0) is 35.6 Å². The van der Waals surface area contributed by atoms with Crippen LogP contribution in [0.4, 0.5) is 0 Å². The summed E-state index contributed by atoms with van der Waals surface area (Å²) in [7, 11) is 0. The van der Waals surface area contributed by atoms with Gasteiger partial charge in [-0.3, -0.25) is 14.6 Å². The van der Waals surface area contributed by atoms with Gasteiger partial charge < -0.3 is 9.80 Å². The van der Waals surface area contributed by atoms with Crippen molar-refractivity contribution in [1.29, 1.82) is 0 Å². The van der Waals surface area contributed by atoms with Crippen LogP contribution in [-0.4, -0.2) is 52.8 Å². The van der Waals surface area contributed by atoms with Crippen molar-refractivity contribution in [1.82, 2.24) is 14.8 Å². The molecule has 0 unspecified atom stereocenters. The fourth-order valence-electron chi connectivity index (χ4n) is 3.83. The molecule has 5 heteroatoms. The molecule has 1 aromatic heterocycles. The highest BCUT2D eigenvalue weighted by atomic mass is 16.2. The first-order valence-corrected chi connectivity index (χ1v) is 10.3. The van der Waals surface area contributed by atoms with E-state index in [9.17, 15) is 9.59 Å². The Hall–Kier alpha value is -2.95. The average molecular weight is 392 g/mol. The zero-order chi connectivity index (χ0) is 20.6. The summed E-state index contributed by atoms with van der Waals surface area (Å²) in [6, 6.07) is 12.2. The van der Waals surface area contributed by atoms with Gasteiger partial charge in [0.05, 0.1) is 5.92 Å². The van der Waals surface area contributed by atoms with E-state index in [1.54, 1.807) is 12.3 Å². The molecule has 2 heterocycles. The van der Waals surface area contributed by atoms with Crippen LogP contribution in [0.3, 0.4) is 0 Å². The van der Waals surface area contributed by atoms with Crippen LogP contribution in [0.1, 0.15) is 25.3 Å². The molecule has 152 valence electrons. The number of rotatable bonds is 7. The van der Waals surface area contributed by atoms with E-state index in [0.29, 0.717) is 39.0 Å². The van der Waals surface area contributed by atoms with E-state index >= 15 is 0 Å². The maximum absolute atomic E-state index is 13.2. The van der Waals surface area contributed by atoms with Crippen LogP contribution < -0.4 is 0 Å². The maximum atomic E-state index is 13.2. The fraction of sp³-hybridized carbons (Fsp3) is 0.375. The number of carbonyl (C=O) groups is 2. The number of benzene rings is 1. The first kappa shape index (κ1) is 20.8. The third kappa shape index (κ3) is 5.31. The molecule has 5 nitrogen and oxygen atoms in total. The Morgan fingerprint density at radius 1 is 1.24 bits per heavy atom. The summed E-state index contributed by atoms with van der Waals surface area (Å²) >= 11 is 0. The van der Waals surface area contributed by atoms with E-state index in [4.69, 9.17) is 0 Å². The van der Waals surface area contributed by atoms with E-state index in [1.165, 1.54) is 0 Å². The Kier molecular flexibility index (Phi) is 7.17. The van der Waals surface area contributed by atoms with E-state index in [1.807, 2.05) is 47.2 Å².